The van der Waals surface area contributed by atoms with Gasteiger partial charge in [0.1, 0.15) is 5.75 Å². The average Bonchev–Trinajstić information content (AvgIpc) is 2.41. The van der Waals surface area contributed by atoms with Crippen molar-refractivity contribution in [2.45, 2.75) is 39.0 Å². The largest absolute Gasteiger partial charge is 0.508 e. The Morgan fingerprint density at radius 3 is 2.70 bits per heavy atom. The summed E-state index contributed by atoms with van der Waals surface area (Å²) in [6, 6.07) is 5.94. The molecular weight excluding hydrogens is 244 g/mol. The fraction of sp³-hybridized carbons (Fsp3) is 0.368. The Bertz CT molecular complexity index is 541. The summed E-state index contributed by atoms with van der Waals surface area (Å²) < 4.78 is 0. The first-order valence-electron chi connectivity index (χ1n) is 7.29. The van der Waals surface area contributed by atoms with Gasteiger partial charge in [-0.05, 0) is 41.4 Å². The maximum absolute atomic E-state index is 9.98. The van der Waals surface area contributed by atoms with Crippen molar-refractivity contribution < 1.29 is 5.11 Å². The fourth-order valence-corrected chi connectivity index (χ4v) is 2.33. The van der Waals surface area contributed by atoms with Crippen molar-refractivity contribution in [3.8, 4) is 5.75 Å². The van der Waals surface area contributed by atoms with Gasteiger partial charge in [-0.15, -0.1) is 0 Å². The molecule has 0 aromatic heterocycles. The first-order valence-corrected chi connectivity index (χ1v) is 7.29. The molecule has 1 heteroatoms. The zero-order valence-electron chi connectivity index (χ0n) is 12.6. The smallest absolute Gasteiger partial charge is 0.119 e. The van der Waals surface area contributed by atoms with E-state index in [1.54, 1.807) is 0 Å². The van der Waals surface area contributed by atoms with Crippen molar-refractivity contribution in [2.75, 3.05) is 0 Å². The van der Waals surface area contributed by atoms with Crippen LogP contribution in [0.15, 0.2) is 54.7 Å². The molecule has 0 saturated carbocycles. The van der Waals surface area contributed by atoms with Crippen molar-refractivity contribution in [1.82, 2.24) is 0 Å². The summed E-state index contributed by atoms with van der Waals surface area (Å²) in [7, 11) is 0. The number of rotatable bonds is 3. The molecule has 0 saturated heterocycles. The maximum Gasteiger partial charge on any atom is 0.119 e. The van der Waals surface area contributed by atoms with Gasteiger partial charge in [-0.3, -0.25) is 0 Å². The van der Waals surface area contributed by atoms with Crippen LogP contribution in [0.5, 0.6) is 5.75 Å². The highest BCUT2D eigenvalue weighted by molar-refractivity contribution is 5.39. The van der Waals surface area contributed by atoms with Crippen LogP contribution in [0.2, 0.25) is 0 Å². The molecule has 1 aliphatic carbocycles. The van der Waals surface area contributed by atoms with E-state index in [4.69, 9.17) is 0 Å². The Labute approximate surface area is 122 Å². The number of hydrogen-bond donors (Lipinski definition) is 1. The van der Waals surface area contributed by atoms with E-state index in [9.17, 15) is 5.11 Å². The lowest BCUT2D eigenvalue weighted by Gasteiger charge is -2.20. The highest BCUT2D eigenvalue weighted by Gasteiger charge is 2.14. The van der Waals surface area contributed by atoms with Gasteiger partial charge < -0.3 is 5.11 Å². The Hall–Kier alpha value is -1.76. The molecule has 1 nitrogen and oxygen atoms in total. The molecule has 0 radical (unpaired) electrons. The van der Waals surface area contributed by atoms with Crippen LogP contribution in [-0.2, 0) is 11.8 Å². The molecule has 0 bridgehead atoms. The minimum Gasteiger partial charge on any atom is -0.508 e. The van der Waals surface area contributed by atoms with Crippen molar-refractivity contribution in [2.24, 2.45) is 5.92 Å². The Morgan fingerprint density at radius 1 is 1.25 bits per heavy atom. The van der Waals surface area contributed by atoms with E-state index in [1.165, 1.54) is 5.56 Å². The van der Waals surface area contributed by atoms with Crippen LogP contribution < -0.4 is 0 Å². The lowest BCUT2D eigenvalue weighted by atomic mass is 9.85. The SMILES string of the molecule is CC(C)(C)c1ccc(O)c(CC=CC2C=CC=CC2)c1. The van der Waals surface area contributed by atoms with E-state index >= 15 is 0 Å². The van der Waals surface area contributed by atoms with Gasteiger partial charge in [0.2, 0.25) is 0 Å². The van der Waals surface area contributed by atoms with Crippen LogP contribution in [0.4, 0.5) is 0 Å². The lowest BCUT2D eigenvalue weighted by molar-refractivity contribution is 0.468. The van der Waals surface area contributed by atoms with Crippen LogP contribution in [-0.4, -0.2) is 5.11 Å². The number of phenolic OH excluding ortho intramolecular Hbond substituents is 1. The summed E-state index contributed by atoms with van der Waals surface area (Å²) in [5, 5.41) is 9.98. The minimum absolute atomic E-state index is 0.114. The normalized spacial score (nSPS) is 18.9. The molecule has 1 aromatic carbocycles. The van der Waals surface area contributed by atoms with Gasteiger partial charge in [-0.2, -0.15) is 0 Å². The molecule has 0 amide bonds. The second kappa shape index (κ2) is 6.13. The van der Waals surface area contributed by atoms with Crippen molar-refractivity contribution in [3.63, 3.8) is 0 Å². The predicted molar refractivity (Wildman–Crippen MR) is 86.0 cm³/mol. The van der Waals surface area contributed by atoms with Gasteiger partial charge in [-0.1, -0.05) is 69.4 Å². The zero-order valence-corrected chi connectivity index (χ0v) is 12.6. The van der Waals surface area contributed by atoms with Crippen molar-refractivity contribution >= 4 is 0 Å². The molecule has 2 rings (SSSR count). The van der Waals surface area contributed by atoms with Gasteiger partial charge in [0.15, 0.2) is 0 Å². The van der Waals surface area contributed by atoms with E-state index in [0.717, 1.165) is 18.4 Å². The quantitative estimate of drug-likeness (QED) is 0.771. The van der Waals surface area contributed by atoms with Gasteiger partial charge in [0, 0.05) is 0 Å². The summed E-state index contributed by atoms with van der Waals surface area (Å²) in [5.74, 6) is 0.884. The Kier molecular flexibility index (Phi) is 4.49. The van der Waals surface area contributed by atoms with Crippen molar-refractivity contribution in [3.05, 3.63) is 65.8 Å². The van der Waals surface area contributed by atoms with Crippen LogP contribution >= 0.6 is 0 Å². The molecule has 0 aliphatic heterocycles. The number of benzene rings is 1. The average molecular weight is 268 g/mol. The number of hydrogen-bond acceptors (Lipinski definition) is 1. The van der Waals surface area contributed by atoms with E-state index in [1.807, 2.05) is 12.1 Å². The molecule has 20 heavy (non-hydrogen) atoms. The summed E-state index contributed by atoms with van der Waals surface area (Å²) in [6.45, 7) is 6.58. The summed E-state index contributed by atoms with van der Waals surface area (Å²) >= 11 is 0. The van der Waals surface area contributed by atoms with Crippen LogP contribution in [0.3, 0.4) is 0 Å². The minimum atomic E-state index is 0.114. The molecular formula is C19H24O. The topological polar surface area (TPSA) is 20.2 Å². The molecule has 0 spiro atoms. The second-order valence-electron chi connectivity index (χ2n) is 6.44. The van der Waals surface area contributed by atoms with Gasteiger partial charge >= 0.3 is 0 Å². The monoisotopic (exact) mass is 268 g/mol. The maximum atomic E-state index is 9.98. The molecule has 1 atom stereocenters. The molecule has 1 N–H and O–H groups in total. The summed E-state index contributed by atoms with van der Waals surface area (Å²) in [6.07, 6.45) is 14.8. The molecule has 0 heterocycles. The van der Waals surface area contributed by atoms with E-state index < -0.39 is 0 Å². The van der Waals surface area contributed by atoms with Gasteiger partial charge in [-0.25, -0.2) is 0 Å². The highest BCUT2D eigenvalue weighted by Crippen LogP contribution is 2.28. The Morgan fingerprint density at radius 2 is 2.05 bits per heavy atom. The van der Waals surface area contributed by atoms with Gasteiger partial charge in [0.25, 0.3) is 0 Å². The predicted octanol–water partition coefficient (Wildman–Crippen LogP) is 4.92. The zero-order chi connectivity index (χ0) is 14.6. The summed E-state index contributed by atoms with van der Waals surface area (Å²) in [4.78, 5) is 0. The third-order valence-corrected chi connectivity index (χ3v) is 3.68. The Balaban J connectivity index is 2.07. The molecule has 1 aromatic rings. The standard InChI is InChI=1S/C19H24O/c1-19(2,3)17-12-13-18(20)16(14-17)11-7-10-15-8-5-4-6-9-15/h4-8,10,12-15,20H,9,11H2,1-3H3. The number of phenols is 1. The van der Waals surface area contributed by atoms with E-state index in [2.05, 4.69) is 63.3 Å². The van der Waals surface area contributed by atoms with Crippen LogP contribution in [0, 0.1) is 5.92 Å². The third-order valence-electron chi connectivity index (χ3n) is 3.68. The second-order valence-corrected chi connectivity index (χ2v) is 6.44. The first kappa shape index (κ1) is 14.6. The highest BCUT2D eigenvalue weighted by atomic mass is 16.3. The van der Waals surface area contributed by atoms with Crippen molar-refractivity contribution in [1.29, 1.82) is 0 Å². The molecule has 106 valence electrons. The number of aromatic hydroxyl groups is 1. The van der Waals surface area contributed by atoms with E-state index in [-0.39, 0.29) is 5.41 Å². The molecule has 1 unspecified atom stereocenters. The molecule has 0 fully saturated rings. The van der Waals surface area contributed by atoms with Crippen LogP contribution in [0.25, 0.3) is 0 Å². The fourth-order valence-electron chi connectivity index (χ4n) is 2.33. The van der Waals surface area contributed by atoms with E-state index in [0.29, 0.717) is 11.7 Å². The third kappa shape index (κ3) is 3.86. The lowest BCUT2D eigenvalue weighted by Crippen LogP contribution is -2.11. The first-order chi connectivity index (χ1) is 9.47. The van der Waals surface area contributed by atoms with Gasteiger partial charge in [0.05, 0.1) is 0 Å². The molecule has 1 aliphatic rings. The number of allylic oxidation sites excluding steroid dienone is 6. The van der Waals surface area contributed by atoms with Crippen LogP contribution in [0.1, 0.15) is 38.3 Å². The summed E-state index contributed by atoms with van der Waals surface area (Å²) in [5.41, 5.74) is 2.38.